The molecule has 3 rings (SSSR count). The standard InChI is InChI=1S/C29H39NS/c1-7-9-22(10-8-2)12-11-20(3)24-14-13-23(19-30)17-25(24)28-21(4)26-18-29(5,6)16-15-27(26)31-28/h7,13-14,17,20,22H,1,8-12,15-16,18H2,2-6H3. The normalized spacial score (nSPS) is 16.9. The summed E-state index contributed by atoms with van der Waals surface area (Å²) in [6, 6.07) is 8.76. The molecule has 1 aromatic carbocycles. The molecule has 0 N–H and O–H groups in total. The van der Waals surface area contributed by atoms with Gasteiger partial charge in [-0.15, -0.1) is 17.9 Å². The summed E-state index contributed by atoms with van der Waals surface area (Å²) in [4.78, 5) is 2.97. The SMILES string of the molecule is C=CCC(CCC)CCC(C)c1ccc(C#N)cc1-c1sc2c(c1C)CC(C)(C)CC2. The van der Waals surface area contributed by atoms with E-state index >= 15 is 0 Å². The first-order valence-corrected chi connectivity index (χ1v) is 12.9. The quantitative estimate of drug-likeness (QED) is 0.362. The lowest BCUT2D eigenvalue weighted by molar-refractivity contribution is 0.317. The monoisotopic (exact) mass is 433 g/mol. The van der Waals surface area contributed by atoms with Crippen LogP contribution in [0.2, 0.25) is 0 Å². The van der Waals surface area contributed by atoms with E-state index in [4.69, 9.17) is 0 Å². The molecule has 2 heteroatoms. The van der Waals surface area contributed by atoms with Crippen molar-refractivity contribution in [1.29, 1.82) is 5.26 Å². The summed E-state index contributed by atoms with van der Waals surface area (Å²) in [5.41, 5.74) is 6.90. The summed E-state index contributed by atoms with van der Waals surface area (Å²) in [6.45, 7) is 15.7. The first-order chi connectivity index (χ1) is 14.8. The van der Waals surface area contributed by atoms with Crippen molar-refractivity contribution in [3.05, 3.63) is 58.0 Å². The zero-order chi connectivity index (χ0) is 22.6. The summed E-state index contributed by atoms with van der Waals surface area (Å²) in [6.07, 6.45) is 11.8. The molecule has 166 valence electrons. The third-order valence-corrected chi connectivity index (χ3v) is 8.63. The molecule has 31 heavy (non-hydrogen) atoms. The van der Waals surface area contributed by atoms with Crippen molar-refractivity contribution in [3.8, 4) is 16.5 Å². The van der Waals surface area contributed by atoms with Crippen molar-refractivity contribution in [3.63, 3.8) is 0 Å². The molecule has 1 aliphatic rings. The van der Waals surface area contributed by atoms with Gasteiger partial charge in [-0.2, -0.15) is 5.26 Å². The number of fused-ring (bicyclic) bond motifs is 1. The smallest absolute Gasteiger partial charge is 0.0991 e. The van der Waals surface area contributed by atoms with Gasteiger partial charge in [0.15, 0.2) is 0 Å². The Hall–Kier alpha value is -1.85. The van der Waals surface area contributed by atoms with E-state index in [1.54, 1.807) is 10.4 Å². The van der Waals surface area contributed by atoms with Gasteiger partial charge in [-0.1, -0.05) is 52.7 Å². The molecule has 0 spiro atoms. The van der Waals surface area contributed by atoms with E-state index in [0.29, 0.717) is 11.3 Å². The van der Waals surface area contributed by atoms with Gasteiger partial charge >= 0.3 is 0 Å². The fourth-order valence-electron chi connectivity index (χ4n) is 5.23. The number of benzene rings is 1. The largest absolute Gasteiger partial charge is 0.192 e. The Morgan fingerprint density at radius 3 is 2.71 bits per heavy atom. The Morgan fingerprint density at radius 2 is 2.03 bits per heavy atom. The van der Waals surface area contributed by atoms with E-state index in [1.165, 1.54) is 66.5 Å². The van der Waals surface area contributed by atoms with Crippen molar-refractivity contribution in [2.45, 2.75) is 91.9 Å². The van der Waals surface area contributed by atoms with Gasteiger partial charge in [0.2, 0.25) is 0 Å². The Morgan fingerprint density at radius 1 is 1.26 bits per heavy atom. The summed E-state index contributed by atoms with van der Waals surface area (Å²) in [7, 11) is 0. The number of nitrogens with zero attached hydrogens (tertiary/aromatic N) is 1. The van der Waals surface area contributed by atoms with E-state index in [2.05, 4.69) is 65.5 Å². The van der Waals surface area contributed by atoms with Crippen molar-refractivity contribution in [2.75, 3.05) is 0 Å². The van der Waals surface area contributed by atoms with Crippen LogP contribution in [0.4, 0.5) is 0 Å². The molecule has 1 nitrogen and oxygen atoms in total. The average molecular weight is 434 g/mol. The van der Waals surface area contributed by atoms with Crippen molar-refractivity contribution >= 4 is 11.3 Å². The maximum Gasteiger partial charge on any atom is 0.0991 e. The van der Waals surface area contributed by atoms with Gasteiger partial charge in [-0.05, 0) is 97.1 Å². The molecular weight excluding hydrogens is 394 g/mol. The lowest BCUT2D eigenvalue weighted by Crippen LogP contribution is -2.21. The predicted molar refractivity (Wildman–Crippen MR) is 136 cm³/mol. The van der Waals surface area contributed by atoms with Crippen molar-refractivity contribution in [1.82, 2.24) is 0 Å². The molecule has 2 atom stereocenters. The molecule has 0 amide bonds. The molecule has 0 saturated heterocycles. The van der Waals surface area contributed by atoms with Crippen LogP contribution in [0, 0.1) is 29.6 Å². The number of allylic oxidation sites excluding steroid dienone is 1. The molecule has 2 aromatic rings. The Bertz CT molecular complexity index is 956. The molecule has 1 aliphatic carbocycles. The van der Waals surface area contributed by atoms with Gasteiger partial charge in [0.25, 0.3) is 0 Å². The molecule has 0 aliphatic heterocycles. The van der Waals surface area contributed by atoms with Gasteiger partial charge in [0.05, 0.1) is 11.6 Å². The number of aryl methyl sites for hydroxylation is 1. The van der Waals surface area contributed by atoms with Crippen molar-refractivity contribution < 1.29 is 0 Å². The second-order valence-electron chi connectivity index (χ2n) is 10.4. The highest BCUT2D eigenvalue weighted by Gasteiger charge is 2.30. The van der Waals surface area contributed by atoms with Crippen LogP contribution in [-0.2, 0) is 12.8 Å². The summed E-state index contributed by atoms with van der Waals surface area (Å²) < 4.78 is 0. The zero-order valence-corrected chi connectivity index (χ0v) is 21.0. The number of thiophene rings is 1. The Labute approximate surface area is 194 Å². The summed E-state index contributed by atoms with van der Waals surface area (Å²) in [5.74, 6) is 1.23. The minimum absolute atomic E-state index is 0.389. The lowest BCUT2D eigenvalue weighted by Gasteiger charge is -2.29. The fourth-order valence-corrected chi connectivity index (χ4v) is 6.60. The van der Waals surface area contributed by atoms with Gasteiger partial charge in [-0.25, -0.2) is 0 Å². The minimum Gasteiger partial charge on any atom is -0.192 e. The van der Waals surface area contributed by atoms with Crippen LogP contribution in [0.3, 0.4) is 0 Å². The number of hydrogen-bond acceptors (Lipinski definition) is 2. The Kier molecular flexibility index (Phi) is 7.82. The van der Waals surface area contributed by atoms with Crippen molar-refractivity contribution in [2.24, 2.45) is 11.3 Å². The topological polar surface area (TPSA) is 23.8 Å². The minimum atomic E-state index is 0.389. The third-order valence-electron chi connectivity index (χ3n) is 7.20. The molecule has 0 radical (unpaired) electrons. The van der Waals surface area contributed by atoms with Gasteiger partial charge < -0.3 is 0 Å². The van der Waals surface area contributed by atoms with Gasteiger partial charge in [-0.3, -0.25) is 0 Å². The van der Waals surface area contributed by atoms with Crippen LogP contribution in [0.25, 0.3) is 10.4 Å². The number of rotatable bonds is 9. The summed E-state index contributed by atoms with van der Waals surface area (Å²) in [5, 5.41) is 9.58. The molecule has 0 fully saturated rings. The van der Waals surface area contributed by atoms with Crippen LogP contribution in [0.1, 0.15) is 99.3 Å². The second kappa shape index (κ2) is 10.2. The lowest BCUT2D eigenvalue weighted by atomic mass is 9.76. The predicted octanol–water partition coefficient (Wildman–Crippen LogP) is 8.99. The van der Waals surface area contributed by atoms with Crippen LogP contribution in [0.15, 0.2) is 30.9 Å². The molecule has 2 unspecified atom stereocenters. The van der Waals surface area contributed by atoms with Gasteiger partial charge in [0, 0.05) is 9.75 Å². The van der Waals surface area contributed by atoms with Crippen LogP contribution >= 0.6 is 11.3 Å². The molecule has 0 bridgehead atoms. The maximum atomic E-state index is 9.58. The number of nitriles is 1. The highest BCUT2D eigenvalue weighted by atomic mass is 32.1. The molecule has 1 aromatic heterocycles. The third kappa shape index (κ3) is 5.50. The van der Waals surface area contributed by atoms with E-state index in [0.717, 1.165) is 17.9 Å². The number of hydrogen-bond donors (Lipinski definition) is 0. The first kappa shape index (κ1) is 23.8. The van der Waals surface area contributed by atoms with Crippen LogP contribution in [0.5, 0.6) is 0 Å². The van der Waals surface area contributed by atoms with Crippen LogP contribution < -0.4 is 0 Å². The van der Waals surface area contributed by atoms with Gasteiger partial charge in [0.1, 0.15) is 0 Å². The van der Waals surface area contributed by atoms with E-state index in [9.17, 15) is 5.26 Å². The van der Waals surface area contributed by atoms with Crippen LogP contribution in [-0.4, -0.2) is 0 Å². The Balaban J connectivity index is 1.94. The highest BCUT2D eigenvalue weighted by Crippen LogP contribution is 2.46. The molecular formula is C29H39NS. The maximum absolute atomic E-state index is 9.58. The second-order valence-corrected chi connectivity index (χ2v) is 11.5. The van der Waals surface area contributed by atoms with E-state index in [1.807, 2.05) is 17.4 Å². The molecule has 0 saturated carbocycles. The zero-order valence-electron chi connectivity index (χ0n) is 20.2. The fraction of sp³-hybridized carbons (Fsp3) is 0.552. The van der Waals surface area contributed by atoms with E-state index in [-0.39, 0.29) is 0 Å². The first-order valence-electron chi connectivity index (χ1n) is 12.1. The summed E-state index contributed by atoms with van der Waals surface area (Å²) >= 11 is 1.98. The van der Waals surface area contributed by atoms with E-state index < -0.39 is 0 Å². The highest BCUT2D eigenvalue weighted by molar-refractivity contribution is 7.16. The average Bonchev–Trinajstić information content (AvgIpc) is 3.06. The molecule has 1 heterocycles.